The minimum atomic E-state index is -0.0513. The number of rotatable bonds is 12. The van der Waals surface area contributed by atoms with Crippen molar-refractivity contribution in [3.63, 3.8) is 0 Å². The van der Waals surface area contributed by atoms with Gasteiger partial charge in [-0.05, 0) is 202 Å². The molecular weight excluding hydrogens is 921 g/mol. The van der Waals surface area contributed by atoms with Crippen molar-refractivity contribution in [3.05, 3.63) is 0 Å². The first-order valence-electron chi connectivity index (χ1n) is 31.0. The van der Waals surface area contributed by atoms with Gasteiger partial charge < -0.3 is 18.9 Å². The predicted molar refractivity (Wildman–Crippen MR) is 297 cm³/mol. The Kier molecular flexibility index (Phi) is 18.1. The molecule has 0 spiro atoms. The predicted octanol–water partition coefficient (Wildman–Crippen LogP) is 15.3. The molecule has 0 aliphatic heterocycles. The standard InChI is InChI=1S/C19H30O2.C19H32O2.C14H24O2.C14H26O2/c1-9-10(2)13-6-12(9)17-14-7-15(18(13)17)19(4,11(14)3)8-16(20)21-5;1-6-12-8-13(7-2)18-15-9-14(17(12)18)11(3)19(15,4)10-16(20)21-5;1-8-9(2)12-6-11(8)10(3)14(12,4)7-13(15)16-5;1-6-11-8-12(7-2)14(4,10(11)3)9-13(15)16-5/h9-15,17-18H,6-8H2,1-5H3;11-15,17-18H,6-10H2,1-5H3;8-12H,6-7H2,1-5H3;10-12H,6-9H2,1-5H3. The van der Waals surface area contributed by atoms with Crippen molar-refractivity contribution in [2.75, 3.05) is 28.4 Å². The SMILES string of the molecule is CCC1CC(CC)C(C)(CC(=O)OC)C1C.CCC1CC(CC)C2C1C1CC2C(C)(CC(=O)OC)C1C.COC(=O)CC1(C)C(C)C2CC1C(C)C2C.COC(=O)CC1(C)C(C)C2CC1C1C3CC(C(C)C3C)C21. The molecular formula is C66H112O8. The van der Waals surface area contributed by atoms with Gasteiger partial charge in [0.2, 0.25) is 0 Å². The van der Waals surface area contributed by atoms with Crippen molar-refractivity contribution in [1.29, 1.82) is 0 Å². The summed E-state index contributed by atoms with van der Waals surface area (Å²) in [7, 11) is 6.05. The molecule has 0 saturated heterocycles. The Morgan fingerprint density at radius 1 is 0.351 bits per heavy atom. The highest BCUT2D eigenvalue weighted by Gasteiger charge is 2.71. The molecule has 0 N–H and O–H groups in total. The molecule has 28 unspecified atom stereocenters. The second kappa shape index (κ2) is 22.6. The highest BCUT2D eigenvalue weighted by atomic mass is 16.5. The molecule has 0 radical (unpaired) electrons. The summed E-state index contributed by atoms with van der Waals surface area (Å²) in [6.07, 6.45) is 15.8. The van der Waals surface area contributed by atoms with Gasteiger partial charge in [0.1, 0.15) is 0 Å². The van der Waals surface area contributed by atoms with Crippen LogP contribution >= 0.6 is 0 Å². The van der Waals surface area contributed by atoms with Gasteiger partial charge in [0.25, 0.3) is 0 Å². The molecule has 10 aliphatic carbocycles. The zero-order valence-corrected chi connectivity index (χ0v) is 51.0. The third-order valence-electron chi connectivity index (χ3n) is 27.9. The maximum Gasteiger partial charge on any atom is 0.306 e. The first-order valence-corrected chi connectivity index (χ1v) is 31.0. The lowest BCUT2D eigenvalue weighted by Crippen LogP contribution is -2.47. The molecule has 10 aliphatic rings. The van der Waals surface area contributed by atoms with Gasteiger partial charge in [-0.1, -0.05) is 136 Å². The molecule has 10 saturated carbocycles. The van der Waals surface area contributed by atoms with Gasteiger partial charge in [0.05, 0.1) is 54.1 Å². The molecule has 10 fully saturated rings. The van der Waals surface area contributed by atoms with E-state index in [1.165, 1.54) is 92.6 Å². The highest BCUT2D eigenvalue weighted by Crippen LogP contribution is 2.76. The van der Waals surface area contributed by atoms with Crippen molar-refractivity contribution in [3.8, 4) is 0 Å². The average Bonchev–Trinajstić information content (AvgIpc) is 4.29. The van der Waals surface area contributed by atoms with Crippen LogP contribution in [0, 0.1) is 164 Å². The van der Waals surface area contributed by atoms with E-state index in [-0.39, 0.29) is 45.5 Å². The Bertz CT molecular complexity index is 1900. The topological polar surface area (TPSA) is 105 Å². The molecule has 8 bridgehead atoms. The van der Waals surface area contributed by atoms with Crippen LogP contribution in [0.2, 0.25) is 0 Å². The average molecular weight is 1030 g/mol. The van der Waals surface area contributed by atoms with Crippen LogP contribution in [0.5, 0.6) is 0 Å². The van der Waals surface area contributed by atoms with E-state index in [0.29, 0.717) is 61.2 Å². The summed E-state index contributed by atoms with van der Waals surface area (Å²) in [5.74, 6) is 19.7. The number of methoxy groups -OCH3 is 4. The van der Waals surface area contributed by atoms with Crippen molar-refractivity contribution in [2.45, 2.75) is 201 Å². The quantitative estimate of drug-likeness (QED) is 0.108. The third-order valence-corrected chi connectivity index (χ3v) is 27.9. The molecule has 10 rings (SSSR count). The van der Waals surface area contributed by atoms with Crippen LogP contribution in [-0.4, -0.2) is 52.3 Å². The number of ether oxygens (including phenoxy) is 4. The molecule has 0 aromatic carbocycles. The summed E-state index contributed by atoms with van der Waals surface area (Å²) >= 11 is 0. The lowest BCUT2D eigenvalue weighted by atomic mass is 9.54. The Balaban J connectivity index is 0.000000146. The lowest BCUT2D eigenvalue weighted by Gasteiger charge is -2.50. The monoisotopic (exact) mass is 1030 g/mol. The lowest BCUT2D eigenvalue weighted by molar-refractivity contribution is -0.147. The van der Waals surface area contributed by atoms with E-state index >= 15 is 0 Å². The van der Waals surface area contributed by atoms with Crippen LogP contribution in [0.25, 0.3) is 0 Å². The Labute approximate surface area is 453 Å². The molecule has 0 amide bonds. The molecule has 74 heavy (non-hydrogen) atoms. The first kappa shape index (κ1) is 59.5. The van der Waals surface area contributed by atoms with E-state index in [1.54, 1.807) is 0 Å². The smallest absolute Gasteiger partial charge is 0.306 e. The van der Waals surface area contributed by atoms with E-state index in [2.05, 4.69) is 111 Å². The first-order chi connectivity index (χ1) is 34.8. The zero-order chi connectivity index (χ0) is 54.9. The maximum absolute atomic E-state index is 11.9. The minimum Gasteiger partial charge on any atom is -0.469 e. The van der Waals surface area contributed by atoms with E-state index in [1.807, 2.05) is 0 Å². The fourth-order valence-electron chi connectivity index (χ4n) is 22.5. The van der Waals surface area contributed by atoms with Gasteiger partial charge in [-0.15, -0.1) is 0 Å². The number of fused-ring (bicyclic) bond motifs is 16. The zero-order valence-electron chi connectivity index (χ0n) is 51.0. The minimum absolute atomic E-state index is 0.00183. The maximum atomic E-state index is 11.9. The Hall–Kier alpha value is -2.12. The van der Waals surface area contributed by atoms with E-state index in [4.69, 9.17) is 18.9 Å². The van der Waals surface area contributed by atoms with Crippen LogP contribution in [0.1, 0.15) is 201 Å². The summed E-state index contributed by atoms with van der Waals surface area (Å²) < 4.78 is 19.7. The number of hydrogen-bond acceptors (Lipinski definition) is 8. The van der Waals surface area contributed by atoms with Crippen molar-refractivity contribution in [1.82, 2.24) is 0 Å². The summed E-state index contributed by atoms with van der Waals surface area (Å²) in [5.41, 5.74) is 0.674. The van der Waals surface area contributed by atoms with Gasteiger partial charge in [0, 0.05) is 0 Å². The van der Waals surface area contributed by atoms with Gasteiger partial charge in [0.15, 0.2) is 0 Å². The normalized spacial score (nSPS) is 51.0. The van der Waals surface area contributed by atoms with Crippen LogP contribution in [-0.2, 0) is 38.1 Å². The molecule has 28 atom stereocenters. The van der Waals surface area contributed by atoms with Crippen molar-refractivity contribution in [2.24, 2.45) is 164 Å². The number of carbonyl (C=O) groups is 4. The van der Waals surface area contributed by atoms with Gasteiger partial charge in [-0.3, -0.25) is 19.2 Å². The van der Waals surface area contributed by atoms with Crippen molar-refractivity contribution >= 4 is 23.9 Å². The largest absolute Gasteiger partial charge is 0.469 e. The van der Waals surface area contributed by atoms with Gasteiger partial charge in [-0.25, -0.2) is 0 Å². The summed E-state index contributed by atoms with van der Waals surface area (Å²) in [5, 5.41) is 0. The van der Waals surface area contributed by atoms with Crippen LogP contribution in [0.4, 0.5) is 0 Å². The summed E-state index contributed by atoms with van der Waals surface area (Å²) in [6, 6.07) is 0. The fraction of sp³-hybridized carbons (Fsp3) is 0.939. The molecule has 8 heteroatoms. The second-order valence-corrected chi connectivity index (χ2v) is 29.1. The fourth-order valence-corrected chi connectivity index (χ4v) is 22.5. The molecule has 8 nitrogen and oxygen atoms in total. The van der Waals surface area contributed by atoms with E-state index in [9.17, 15) is 19.2 Å². The second-order valence-electron chi connectivity index (χ2n) is 29.1. The summed E-state index contributed by atoms with van der Waals surface area (Å²) in [4.78, 5) is 47.0. The molecule has 0 aromatic heterocycles. The van der Waals surface area contributed by atoms with Crippen LogP contribution in [0.3, 0.4) is 0 Å². The number of esters is 4. The van der Waals surface area contributed by atoms with E-state index < -0.39 is 0 Å². The third kappa shape index (κ3) is 9.60. The van der Waals surface area contributed by atoms with Gasteiger partial charge >= 0.3 is 23.9 Å². The number of hydrogen-bond donors (Lipinski definition) is 0. The van der Waals surface area contributed by atoms with Crippen LogP contribution in [0.15, 0.2) is 0 Å². The Morgan fingerprint density at radius 2 is 0.716 bits per heavy atom. The Morgan fingerprint density at radius 3 is 1.15 bits per heavy atom. The number of carbonyl (C=O) groups excluding carboxylic acids is 4. The van der Waals surface area contributed by atoms with Crippen LogP contribution < -0.4 is 0 Å². The van der Waals surface area contributed by atoms with Crippen molar-refractivity contribution < 1.29 is 38.1 Å². The molecule has 0 heterocycles. The van der Waals surface area contributed by atoms with E-state index in [0.717, 1.165) is 107 Å². The highest BCUT2D eigenvalue weighted by molar-refractivity contribution is 5.71. The molecule has 424 valence electrons. The summed E-state index contributed by atoms with van der Waals surface area (Å²) in [6.45, 7) is 37.8. The molecule has 0 aromatic rings. The van der Waals surface area contributed by atoms with Gasteiger partial charge in [-0.2, -0.15) is 0 Å².